The topological polar surface area (TPSA) is 35.6 Å². The minimum Gasteiger partial charge on any atom is -0.342 e. The molecule has 0 aromatic carbocycles. The molecular formula is C12H21N3O. The van der Waals surface area contributed by atoms with Crippen LogP contribution in [0.2, 0.25) is 0 Å². The Hall–Kier alpha value is -0.610. The lowest BCUT2D eigenvalue weighted by Crippen LogP contribution is -2.37. The third kappa shape index (κ3) is 1.74. The molecule has 3 heterocycles. The lowest BCUT2D eigenvalue weighted by molar-refractivity contribution is -0.134. The number of hydrogen-bond acceptors (Lipinski definition) is 3. The Morgan fingerprint density at radius 2 is 1.88 bits per heavy atom. The van der Waals surface area contributed by atoms with Crippen molar-refractivity contribution < 1.29 is 4.79 Å². The summed E-state index contributed by atoms with van der Waals surface area (Å²) in [6.07, 6.45) is 1.05. The molecule has 16 heavy (non-hydrogen) atoms. The van der Waals surface area contributed by atoms with Crippen LogP contribution in [0.25, 0.3) is 0 Å². The highest BCUT2D eigenvalue weighted by molar-refractivity contribution is 5.79. The maximum Gasteiger partial charge on any atom is 0.227 e. The van der Waals surface area contributed by atoms with Crippen molar-refractivity contribution in [3.8, 4) is 0 Å². The Labute approximate surface area is 97.0 Å². The maximum absolute atomic E-state index is 12.3. The highest BCUT2D eigenvalue weighted by Gasteiger charge is 2.40. The predicted octanol–water partition coefficient (Wildman–Crippen LogP) is -0.384. The van der Waals surface area contributed by atoms with E-state index >= 15 is 0 Å². The van der Waals surface area contributed by atoms with Gasteiger partial charge in [0.1, 0.15) is 0 Å². The molecule has 0 aromatic heterocycles. The molecule has 1 amide bonds. The summed E-state index contributed by atoms with van der Waals surface area (Å²) in [5.41, 5.74) is 0. The SMILES string of the molecule is CN1CCC(C(=O)N2C[C@H]3CNC[C@H]3C2)C1. The second-order valence-electron chi connectivity index (χ2n) is 5.67. The van der Waals surface area contributed by atoms with Crippen molar-refractivity contribution in [3.05, 3.63) is 0 Å². The molecule has 3 saturated heterocycles. The molecule has 1 N–H and O–H groups in total. The van der Waals surface area contributed by atoms with Gasteiger partial charge >= 0.3 is 0 Å². The second-order valence-corrected chi connectivity index (χ2v) is 5.67. The van der Waals surface area contributed by atoms with Gasteiger partial charge < -0.3 is 15.1 Å². The van der Waals surface area contributed by atoms with E-state index in [1.54, 1.807) is 0 Å². The molecule has 0 spiro atoms. The molecule has 1 unspecified atom stereocenters. The first-order valence-electron chi connectivity index (χ1n) is 6.42. The fourth-order valence-corrected chi connectivity index (χ4v) is 3.43. The number of nitrogens with zero attached hydrogens (tertiary/aromatic N) is 2. The summed E-state index contributed by atoms with van der Waals surface area (Å²) in [4.78, 5) is 16.7. The van der Waals surface area contributed by atoms with Crippen LogP contribution in [0.1, 0.15) is 6.42 Å². The van der Waals surface area contributed by atoms with Gasteiger partial charge in [-0.3, -0.25) is 4.79 Å². The van der Waals surface area contributed by atoms with Crippen LogP contribution in [-0.4, -0.2) is 62.0 Å². The average Bonchev–Trinajstić information content (AvgIpc) is 2.89. The van der Waals surface area contributed by atoms with Gasteiger partial charge in [-0.1, -0.05) is 0 Å². The summed E-state index contributed by atoms with van der Waals surface area (Å²) in [6, 6.07) is 0. The normalized spacial score (nSPS) is 39.3. The van der Waals surface area contributed by atoms with Crippen molar-refractivity contribution in [1.82, 2.24) is 15.1 Å². The van der Waals surface area contributed by atoms with Gasteiger partial charge in [0, 0.05) is 32.7 Å². The number of amides is 1. The summed E-state index contributed by atoms with van der Waals surface area (Å²) in [5.74, 6) is 2.14. The molecule has 0 aliphatic carbocycles. The van der Waals surface area contributed by atoms with Crippen molar-refractivity contribution >= 4 is 5.91 Å². The highest BCUT2D eigenvalue weighted by atomic mass is 16.2. The van der Waals surface area contributed by atoms with Gasteiger partial charge in [-0.2, -0.15) is 0 Å². The number of carbonyl (C=O) groups is 1. The lowest BCUT2D eigenvalue weighted by atomic mass is 10.0. The van der Waals surface area contributed by atoms with Gasteiger partial charge in [0.05, 0.1) is 5.92 Å². The molecule has 4 heteroatoms. The van der Waals surface area contributed by atoms with E-state index in [2.05, 4.69) is 22.2 Å². The Balaban J connectivity index is 1.60. The van der Waals surface area contributed by atoms with Crippen LogP contribution >= 0.6 is 0 Å². The number of nitrogens with one attached hydrogen (secondary N) is 1. The quantitative estimate of drug-likeness (QED) is 0.658. The molecule has 3 aliphatic rings. The fraction of sp³-hybridized carbons (Fsp3) is 0.917. The number of rotatable bonds is 1. The molecule has 90 valence electrons. The molecule has 3 rings (SSSR count). The van der Waals surface area contributed by atoms with Crippen molar-refractivity contribution in [2.24, 2.45) is 17.8 Å². The Kier molecular flexibility index (Phi) is 2.64. The smallest absolute Gasteiger partial charge is 0.227 e. The molecular weight excluding hydrogens is 202 g/mol. The van der Waals surface area contributed by atoms with Gasteiger partial charge in [0.15, 0.2) is 0 Å². The third-order valence-electron chi connectivity index (χ3n) is 4.44. The molecule has 0 bridgehead atoms. The molecule has 0 saturated carbocycles. The summed E-state index contributed by atoms with van der Waals surface area (Å²) in [7, 11) is 2.11. The van der Waals surface area contributed by atoms with Crippen LogP contribution in [-0.2, 0) is 4.79 Å². The van der Waals surface area contributed by atoms with Crippen LogP contribution in [0.4, 0.5) is 0 Å². The zero-order valence-corrected chi connectivity index (χ0v) is 9.98. The molecule has 3 aliphatic heterocycles. The van der Waals surface area contributed by atoms with Crippen LogP contribution in [0.15, 0.2) is 0 Å². The van der Waals surface area contributed by atoms with Crippen LogP contribution < -0.4 is 5.32 Å². The van der Waals surface area contributed by atoms with Crippen molar-refractivity contribution in [2.75, 3.05) is 46.3 Å². The number of hydrogen-bond donors (Lipinski definition) is 1. The fourth-order valence-electron chi connectivity index (χ4n) is 3.43. The van der Waals surface area contributed by atoms with Crippen LogP contribution in [0, 0.1) is 17.8 Å². The molecule has 0 radical (unpaired) electrons. The monoisotopic (exact) mass is 223 g/mol. The summed E-state index contributed by atoms with van der Waals surface area (Å²) in [6.45, 7) is 6.26. The maximum atomic E-state index is 12.3. The van der Waals surface area contributed by atoms with Crippen molar-refractivity contribution in [1.29, 1.82) is 0 Å². The average molecular weight is 223 g/mol. The lowest BCUT2D eigenvalue weighted by Gasteiger charge is -2.21. The number of carbonyl (C=O) groups excluding carboxylic acids is 1. The Morgan fingerprint density at radius 1 is 1.19 bits per heavy atom. The predicted molar refractivity (Wildman–Crippen MR) is 62.0 cm³/mol. The molecule has 4 nitrogen and oxygen atoms in total. The van der Waals surface area contributed by atoms with E-state index < -0.39 is 0 Å². The van der Waals surface area contributed by atoms with Gasteiger partial charge in [-0.25, -0.2) is 0 Å². The summed E-state index contributed by atoms with van der Waals surface area (Å²) < 4.78 is 0. The molecule has 3 fully saturated rings. The third-order valence-corrected chi connectivity index (χ3v) is 4.44. The first kappa shape index (κ1) is 10.5. The van der Waals surface area contributed by atoms with E-state index in [0.717, 1.165) is 57.5 Å². The first-order chi connectivity index (χ1) is 7.74. The van der Waals surface area contributed by atoms with E-state index in [0.29, 0.717) is 5.91 Å². The van der Waals surface area contributed by atoms with Gasteiger partial charge in [0.25, 0.3) is 0 Å². The van der Waals surface area contributed by atoms with Gasteiger partial charge in [0.2, 0.25) is 5.91 Å². The highest BCUT2D eigenvalue weighted by Crippen LogP contribution is 2.28. The Bertz CT molecular complexity index is 282. The second kappa shape index (κ2) is 4.00. The zero-order valence-electron chi connectivity index (χ0n) is 9.98. The standard InChI is InChI=1S/C12H21N3O/c1-14-3-2-9(6-14)12(16)15-7-10-4-13-5-11(10)8-15/h9-11,13H,2-8H2,1H3/t9?,10-,11+. The largest absolute Gasteiger partial charge is 0.342 e. The summed E-state index contributed by atoms with van der Waals surface area (Å²) >= 11 is 0. The molecule has 3 atom stereocenters. The number of likely N-dealkylation sites (tertiary alicyclic amines) is 2. The zero-order chi connectivity index (χ0) is 11.1. The van der Waals surface area contributed by atoms with E-state index in [4.69, 9.17) is 0 Å². The van der Waals surface area contributed by atoms with Crippen molar-refractivity contribution in [2.45, 2.75) is 6.42 Å². The minimum absolute atomic E-state index is 0.275. The summed E-state index contributed by atoms with van der Waals surface area (Å²) in [5, 5.41) is 3.41. The Morgan fingerprint density at radius 3 is 2.44 bits per heavy atom. The minimum atomic E-state index is 0.275. The first-order valence-corrected chi connectivity index (χ1v) is 6.42. The van der Waals surface area contributed by atoms with Crippen molar-refractivity contribution in [3.63, 3.8) is 0 Å². The molecule has 0 aromatic rings. The van der Waals surface area contributed by atoms with Gasteiger partial charge in [-0.05, 0) is 31.8 Å². The van der Waals surface area contributed by atoms with Crippen LogP contribution in [0.3, 0.4) is 0 Å². The van der Waals surface area contributed by atoms with E-state index in [-0.39, 0.29) is 5.92 Å². The number of fused-ring (bicyclic) bond motifs is 1. The van der Waals surface area contributed by atoms with Gasteiger partial charge in [-0.15, -0.1) is 0 Å². The van der Waals surface area contributed by atoms with E-state index in [1.165, 1.54) is 0 Å². The van der Waals surface area contributed by atoms with Crippen LogP contribution in [0.5, 0.6) is 0 Å². The van der Waals surface area contributed by atoms with E-state index in [9.17, 15) is 4.79 Å². The van der Waals surface area contributed by atoms with E-state index in [1.807, 2.05) is 0 Å².